The lowest BCUT2D eigenvalue weighted by Crippen LogP contribution is -2.52. The van der Waals surface area contributed by atoms with Gasteiger partial charge in [0.25, 0.3) is 0 Å². The molecular weight excluding hydrogens is 354 g/mol. The summed E-state index contributed by atoms with van der Waals surface area (Å²) in [6, 6.07) is 16.1. The van der Waals surface area contributed by atoms with Crippen molar-refractivity contribution in [2.45, 2.75) is 38.1 Å². The quantitative estimate of drug-likeness (QED) is 0.682. The summed E-state index contributed by atoms with van der Waals surface area (Å²) in [4.78, 5) is 24.0. The molecule has 0 unspecified atom stereocenters. The normalized spacial score (nSPS) is 14.9. The minimum atomic E-state index is -1.41. The molecule has 0 spiro atoms. The van der Waals surface area contributed by atoms with Crippen LogP contribution in [0.3, 0.4) is 0 Å². The molecule has 0 fully saturated rings. The second-order valence-corrected chi connectivity index (χ2v) is 7.17. The maximum absolute atomic E-state index is 12.4. The molecule has 5 heteroatoms. The maximum atomic E-state index is 12.4. The van der Waals surface area contributed by atoms with Gasteiger partial charge in [-0.25, -0.2) is 9.59 Å². The number of alkyl carbamates (subject to hydrolysis) is 1. The van der Waals surface area contributed by atoms with Gasteiger partial charge in [0.1, 0.15) is 12.1 Å². The molecule has 5 nitrogen and oxygen atoms in total. The van der Waals surface area contributed by atoms with E-state index in [9.17, 15) is 14.7 Å². The molecule has 28 heavy (non-hydrogen) atoms. The Labute approximate surface area is 165 Å². The first kappa shape index (κ1) is 19.7. The van der Waals surface area contributed by atoms with Crippen LogP contribution in [0.4, 0.5) is 4.79 Å². The molecule has 1 aliphatic rings. The molecule has 0 aliphatic heterocycles. The fourth-order valence-corrected chi connectivity index (χ4v) is 3.54. The molecule has 0 heterocycles. The van der Waals surface area contributed by atoms with Crippen LogP contribution in [0.2, 0.25) is 0 Å². The number of carbonyl (C=O) groups is 2. The monoisotopic (exact) mass is 379 g/mol. The highest BCUT2D eigenvalue weighted by Crippen LogP contribution is 2.44. The third-order valence-electron chi connectivity index (χ3n) is 5.12. The lowest BCUT2D eigenvalue weighted by Gasteiger charge is -2.25. The van der Waals surface area contributed by atoms with E-state index in [1.807, 2.05) is 49.4 Å². The van der Waals surface area contributed by atoms with Crippen LogP contribution < -0.4 is 5.32 Å². The number of aliphatic carboxylic acids is 1. The molecule has 0 radical (unpaired) electrons. The standard InChI is InChI=1S/C23H25NO4/c1-3-4-9-14-23(2,21(25)26)24-22(27)28-15-20-18-12-7-5-10-16(18)17-11-6-8-13-19(17)20/h4-13,20H,3,14-15H2,1-2H3,(H,24,27)(H,25,26)/t23-/m1/s1. The van der Waals surface area contributed by atoms with Crippen LogP contribution in [-0.4, -0.2) is 29.3 Å². The van der Waals surface area contributed by atoms with Crippen molar-refractivity contribution in [2.24, 2.45) is 0 Å². The SMILES string of the molecule is CCC=CC[C@@](C)(NC(=O)OCC1c2ccccc2-c2ccccc21)C(=O)O. The third-order valence-corrected chi connectivity index (χ3v) is 5.12. The van der Waals surface area contributed by atoms with Gasteiger partial charge in [0.15, 0.2) is 0 Å². The van der Waals surface area contributed by atoms with Gasteiger partial charge >= 0.3 is 12.1 Å². The van der Waals surface area contributed by atoms with E-state index in [2.05, 4.69) is 17.4 Å². The molecule has 1 atom stereocenters. The Hall–Kier alpha value is -3.08. The molecule has 2 aromatic carbocycles. The van der Waals surface area contributed by atoms with E-state index in [-0.39, 0.29) is 18.9 Å². The second kappa shape index (κ2) is 8.30. The van der Waals surface area contributed by atoms with E-state index in [1.165, 1.54) is 6.92 Å². The van der Waals surface area contributed by atoms with Crippen molar-refractivity contribution in [1.29, 1.82) is 0 Å². The van der Waals surface area contributed by atoms with E-state index in [0.29, 0.717) is 0 Å². The first-order chi connectivity index (χ1) is 13.5. The smallest absolute Gasteiger partial charge is 0.408 e. The van der Waals surface area contributed by atoms with Crippen LogP contribution in [0.25, 0.3) is 11.1 Å². The lowest BCUT2D eigenvalue weighted by atomic mass is 9.97. The number of benzene rings is 2. The highest BCUT2D eigenvalue weighted by molar-refractivity contribution is 5.84. The van der Waals surface area contributed by atoms with E-state index < -0.39 is 17.6 Å². The molecule has 146 valence electrons. The molecule has 2 aromatic rings. The summed E-state index contributed by atoms with van der Waals surface area (Å²) in [5.41, 5.74) is 3.11. The van der Waals surface area contributed by atoms with Gasteiger partial charge in [0, 0.05) is 5.92 Å². The maximum Gasteiger partial charge on any atom is 0.408 e. The zero-order valence-electron chi connectivity index (χ0n) is 16.1. The number of carboxylic acids is 1. The van der Waals surface area contributed by atoms with Crippen LogP contribution in [0.1, 0.15) is 43.7 Å². The first-order valence-corrected chi connectivity index (χ1v) is 9.48. The summed E-state index contributed by atoms with van der Waals surface area (Å²) in [6.45, 7) is 3.60. The Morgan fingerprint density at radius 2 is 1.64 bits per heavy atom. The van der Waals surface area contributed by atoms with Crippen molar-refractivity contribution in [3.8, 4) is 11.1 Å². The number of nitrogens with one attached hydrogen (secondary N) is 1. The van der Waals surface area contributed by atoms with Gasteiger partial charge < -0.3 is 15.2 Å². The number of amides is 1. The summed E-state index contributed by atoms with van der Waals surface area (Å²) >= 11 is 0. The summed E-state index contributed by atoms with van der Waals surface area (Å²) < 4.78 is 5.45. The number of hydrogen-bond acceptors (Lipinski definition) is 3. The molecule has 0 saturated heterocycles. The lowest BCUT2D eigenvalue weighted by molar-refractivity contribution is -0.143. The van der Waals surface area contributed by atoms with Crippen LogP contribution in [0, 0.1) is 0 Å². The molecule has 0 saturated carbocycles. The van der Waals surface area contributed by atoms with Crippen molar-refractivity contribution in [1.82, 2.24) is 5.32 Å². The van der Waals surface area contributed by atoms with Gasteiger partial charge in [0.05, 0.1) is 0 Å². The molecule has 3 rings (SSSR count). The van der Waals surface area contributed by atoms with E-state index >= 15 is 0 Å². The summed E-state index contributed by atoms with van der Waals surface area (Å²) in [5.74, 6) is -1.16. The Balaban J connectivity index is 1.71. The number of carbonyl (C=O) groups excluding carboxylic acids is 1. The fraction of sp³-hybridized carbons (Fsp3) is 0.304. The number of ether oxygens (including phenoxy) is 1. The zero-order chi connectivity index (χ0) is 20.1. The van der Waals surface area contributed by atoms with Crippen molar-refractivity contribution < 1.29 is 19.4 Å². The minimum absolute atomic E-state index is 0.0609. The number of fused-ring (bicyclic) bond motifs is 3. The highest BCUT2D eigenvalue weighted by atomic mass is 16.5. The van der Waals surface area contributed by atoms with Gasteiger partial charge in [-0.2, -0.15) is 0 Å². The van der Waals surface area contributed by atoms with E-state index in [1.54, 1.807) is 6.08 Å². The zero-order valence-corrected chi connectivity index (χ0v) is 16.1. The third kappa shape index (κ3) is 3.93. The molecular formula is C23H25NO4. The summed E-state index contributed by atoms with van der Waals surface area (Å²) in [7, 11) is 0. The van der Waals surface area contributed by atoms with Crippen LogP contribution >= 0.6 is 0 Å². The average molecular weight is 379 g/mol. The summed E-state index contributed by atoms with van der Waals surface area (Å²) in [5, 5.41) is 12.0. The first-order valence-electron chi connectivity index (χ1n) is 9.48. The predicted octanol–water partition coefficient (Wildman–Crippen LogP) is 4.72. The Morgan fingerprint density at radius 3 is 2.18 bits per heavy atom. The van der Waals surface area contributed by atoms with Gasteiger partial charge in [-0.1, -0.05) is 67.6 Å². The van der Waals surface area contributed by atoms with Crippen LogP contribution in [0.5, 0.6) is 0 Å². The van der Waals surface area contributed by atoms with Crippen LogP contribution in [-0.2, 0) is 9.53 Å². The number of allylic oxidation sites excluding steroid dienone is 1. The molecule has 0 bridgehead atoms. The number of rotatable bonds is 7. The highest BCUT2D eigenvalue weighted by Gasteiger charge is 2.35. The minimum Gasteiger partial charge on any atom is -0.480 e. The van der Waals surface area contributed by atoms with Crippen molar-refractivity contribution in [3.05, 3.63) is 71.8 Å². The largest absolute Gasteiger partial charge is 0.480 e. The van der Waals surface area contributed by atoms with Crippen molar-refractivity contribution in [2.75, 3.05) is 6.61 Å². The van der Waals surface area contributed by atoms with E-state index in [4.69, 9.17) is 4.74 Å². The summed E-state index contributed by atoms with van der Waals surface area (Å²) in [6.07, 6.45) is 3.91. The molecule has 1 amide bonds. The Morgan fingerprint density at radius 1 is 1.07 bits per heavy atom. The van der Waals surface area contributed by atoms with Crippen LogP contribution in [0.15, 0.2) is 60.7 Å². The van der Waals surface area contributed by atoms with Gasteiger partial charge in [0.2, 0.25) is 0 Å². The average Bonchev–Trinajstić information content (AvgIpc) is 3.00. The molecule has 1 aliphatic carbocycles. The van der Waals surface area contributed by atoms with Gasteiger partial charge in [-0.15, -0.1) is 0 Å². The fourth-order valence-electron chi connectivity index (χ4n) is 3.54. The number of hydrogen-bond donors (Lipinski definition) is 2. The topological polar surface area (TPSA) is 75.6 Å². The van der Waals surface area contributed by atoms with Crippen molar-refractivity contribution in [3.63, 3.8) is 0 Å². The number of carboxylic acid groups (broad SMARTS) is 1. The second-order valence-electron chi connectivity index (χ2n) is 7.17. The Bertz CT molecular complexity index is 859. The van der Waals surface area contributed by atoms with Gasteiger partial charge in [-0.3, -0.25) is 0 Å². The van der Waals surface area contributed by atoms with Crippen molar-refractivity contribution >= 4 is 12.1 Å². The molecule has 0 aromatic heterocycles. The Kier molecular flexibility index (Phi) is 5.83. The van der Waals surface area contributed by atoms with E-state index in [0.717, 1.165) is 28.7 Å². The molecule has 2 N–H and O–H groups in total. The van der Waals surface area contributed by atoms with Gasteiger partial charge in [-0.05, 0) is 42.0 Å². The predicted molar refractivity (Wildman–Crippen MR) is 108 cm³/mol.